The highest BCUT2D eigenvalue weighted by Crippen LogP contribution is 2.41. The van der Waals surface area contributed by atoms with Crippen molar-refractivity contribution >= 4 is 17.4 Å². The Labute approximate surface area is 182 Å². The van der Waals surface area contributed by atoms with E-state index in [9.17, 15) is 9.59 Å². The van der Waals surface area contributed by atoms with Gasteiger partial charge < -0.3 is 14.8 Å². The Morgan fingerprint density at radius 2 is 1.65 bits per heavy atom. The fourth-order valence-electron chi connectivity index (χ4n) is 3.61. The van der Waals surface area contributed by atoms with Crippen LogP contribution in [-0.2, 0) is 13.0 Å². The minimum absolute atomic E-state index is 0.00795. The van der Waals surface area contributed by atoms with Crippen molar-refractivity contribution in [1.29, 1.82) is 0 Å². The molecule has 3 aromatic rings. The van der Waals surface area contributed by atoms with Gasteiger partial charge in [-0.05, 0) is 68.8 Å². The van der Waals surface area contributed by atoms with E-state index in [2.05, 4.69) is 25.2 Å². The molecule has 0 saturated heterocycles. The first-order chi connectivity index (χ1) is 14.8. The number of para-hydroxylation sites is 1. The number of Topliss-reactive ketones (excluding diaryl/α,β-unsaturated/α-hetero) is 1. The van der Waals surface area contributed by atoms with E-state index < -0.39 is 0 Å². The van der Waals surface area contributed by atoms with E-state index in [1.165, 1.54) is 6.92 Å². The summed E-state index contributed by atoms with van der Waals surface area (Å²) in [4.78, 5) is 23.8. The molecule has 0 unspecified atom stereocenters. The highest BCUT2D eigenvalue weighted by atomic mass is 16.5. The predicted molar refractivity (Wildman–Crippen MR) is 120 cm³/mol. The molecule has 31 heavy (non-hydrogen) atoms. The third kappa shape index (κ3) is 4.77. The van der Waals surface area contributed by atoms with Gasteiger partial charge in [0.2, 0.25) is 0 Å². The summed E-state index contributed by atoms with van der Waals surface area (Å²) in [5, 5.41) is 2.84. The number of carbonyl (C=O) groups excluding carboxylic acids is 2. The van der Waals surface area contributed by atoms with Gasteiger partial charge in [-0.3, -0.25) is 9.59 Å². The fourth-order valence-corrected chi connectivity index (χ4v) is 3.61. The van der Waals surface area contributed by atoms with Gasteiger partial charge in [-0.15, -0.1) is 0 Å². The molecule has 3 aromatic carbocycles. The van der Waals surface area contributed by atoms with E-state index in [4.69, 9.17) is 9.47 Å². The second-order valence-electron chi connectivity index (χ2n) is 8.36. The van der Waals surface area contributed by atoms with Crippen molar-refractivity contribution in [3.63, 3.8) is 0 Å². The summed E-state index contributed by atoms with van der Waals surface area (Å²) in [6.07, 6.45) is 0.862. The van der Waals surface area contributed by atoms with Crippen LogP contribution in [0.5, 0.6) is 11.5 Å². The van der Waals surface area contributed by atoms with Gasteiger partial charge >= 0.3 is 0 Å². The topological polar surface area (TPSA) is 64.6 Å². The van der Waals surface area contributed by atoms with Crippen LogP contribution < -0.4 is 14.8 Å². The van der Waals surface area contributed by atoms with Crippen LogP contribution in [0.25, 0.3) is 0 Å². The summed E-state index contributed by atoms with van der Waals surface area (Å²) in [5.41, 5.74) is 3.69. The molecule has 1 amide bonds. The van der Waals surface area contributed by atoms with Crippen LogP contribution in [-0.4, -0.2) is 17.3 Å². The maximum absolute atomic E-state index is 12.5. The third-order valence-corrected chi connectivity index (χ3v) is 5.21. The lowest BCUT2D eigenvalue weighted by atomic mass is 10.0. The van der Waals surface area contributed by atoms with Crippen LogP contribution in [0.2, 0.25) is 0 Å². The first kappa shape index (κ1) is 20.7. The van der Waals surface area contributed by atoms with E-state index in [-0.39, 0.29) is 17.3 Å². The molecule has 0 saturated carbocycles. The number of fused-ring (bicyclic) bond motifs is 1. The van der Waals surface area contributed by atoms with Crippen LogP contribution in [0.1, 0.15) is 52.6 Å². The zero-order valence-corrected chi connectivity index (χ0v) is 17.9. The lowest BCUT2D eigenvalue weighted by molar-refractivity contribution is 0.101. The highest BCUT2D eigenvalue weighted by molar-refractivity contribution is 6.04. The van der Waals surface area contributed by atoms with E-state index in [1.807, 2.05) is 24.3 Å². The Bertz CT molecular complexity index is 1120. The van der Waals surface area contributed by atoms with E-state index in [1.54, 1.807) is 36.4 Å². The molecule has 0 aliphatic carbocycles. The molecule has 5 heteroatoms. The lowest BCUT2D eigenvalue weighted by Gasteiger charge is -2.18. The van der Waals surface area contributed by atoms with Crippen molar-refractivity contribution in [3.05, 3.63) is 89.0 Å². The number of benzene rings is 3. The molecule has 0 spiro atoms. The normalized spacial score (nSPS) is 13.8. The van der Waals surface area contributed by atoms with Gasteiger partial charge in [0.25, 0.3) is 5.91 Å². The zero-order chi connectivity index (χ0) is 22.0. The average molecular weight is 415 g/mol. The molecule has 0 fully saturated rings. The Hall–Kier alpha value is -3.60. The number of rotatable bonds is 6. The number of hydrogen-bond donors (Lipinski definition) is 1. The smallest absolute Gasteiger partial charge is 0.255 e. The zero-order valence-electron chi connectivity index (χ0n) is 17.9. The molecule has 5 nitrogen and oxygen atoms in total. The van der Waals surface area contributed by atoms with E-state index >= 15 is 0 Å². The Balaban J connectivity index is 1.37. The maximum atomic E-state index is 12.5. The second-order valence-corrected chi connectivity index (χ2v) is 8.36. The first-order valence-corrected chi connectivity index (χ1v) is 10.3. The summed E-state index contributed by atoms with van der Waals surface area (Å²) in [6.45, 7) is 6.03. The number of ether oxygens (including phenoxy) is 2. The molecule has 1 aliphatic heterocycles. The molecule has 0 radical (unpaired) electrons. The summed E-state index contributed by atoms with van der Waals surface area (Å²) in [5.74, 6) is 1.34. The summed E-state index contributed by atoms with van der Waals surface area (Å²) in [6, 6.07) is 20.1. The molecular weight excluding hydrogens is 390 g/mol. The molecule has 1 N–H and O–H groups in total. The number of hydrogen-bond acceptors (Lipinski definition) is 4. The molecule has 4 rings (SSSR count). The summed E-state index contributed by atoms with van der Waals surface area (Å²) in [7, 11) is 0. The summed E-state index contributed by atoms with van der Waals surface area (Å²) >= 11 is 0. The van der Waals surface area contributed by atoms with Crippen molar-refractivity contribution in [2.75, 3.05) is 5.32 Å². The Morgan fingerprint density at radius 1 is 0.968 bits per heavy atom. The first-order valence-electron chi connectivity index (χ1n) is 10.3. The maximum Gasteiger partial charge on any atom is 0.255 e. The van der Waals surface area contributed by atoms with Crippen LogP contribution in [0.4, 0.5) is 5.69 Å². The third-order valence-electron chi connectivity index (χ3n) is 5.21. The van der Waals surface area contributed by atoms with Crippen molar-refractivity contribution in [1.82, 2.24) is 0 Å². The van der Waals surface area contributed by atoms with Gasteiger partial charge in [0.15, 0.2) is 17.3 Å². The average Bonchev–Trinajstić information content (AvgIpc) is 3.07. The Kier molecular flexibility index (Phi) is 5.51. The lowest BCUT2D eigenvalue weighted by Crippen LogP contribution is -2.24. The monoisotopic (exact) mass is 415 g/mol. The van der Waals surface area contributed by atoms with Gasteiger partial charge in [-0.2, -0.15) is 0 Å². The van der Waals surface area contributed by atoms with E-state index in [0.29, 0.717) is 23.4 Å². The molecule has 0 aromatic heterocycles. The quantitative estimate of drug-likeness (QED) is 0.545. The summed E-state index contributed by atoms with van der Waals surface area (Å²) < 4.78 is 12.0. The second kappa shape index (κ2) is 8.26. The minimum Gasteiger partial charge on any atom is -0.485 e. The molecule has 1 heterocycles. The van der Waals surface area contributed by atoms with Crippen LogP contribution >= 0.6 is 0 Å². The highest BCUT2D eigenvalue weighted by Gasteiger charge is 2.32. The molecule has 0 bridgehead atoms. The number of ketones is 1. The van der Waals surface area contributed by atoms with Crippen molar-refractivity contribution < 1.29 is 19.1 Å². The van der Waals surface area contributed by atoms with Crippen LogP contribution in [0.15, 0.2) is 66.7 Å². The number of anilines is 1. The Morgan fingerprint density at radius 3 is 2.32 bits per heavy atom. The van der Waals surface area contributed by atoms with Crippen LogP contribution in [0, 0.1) is 0 Å². The molecular formula is C26H25NO4. The van der Waals surface area contributed by atoms with Gasteiger partial charge in [0.05, 0.1) is 0 Å². The van der Waals surface area contributed by atoms with Gasteiger partial charge in [-0.1, -0.05) is 24.3 Å². The predicted octanol–water partition coefficient (Wildman–Crippen LogP) is 5.43. The molecule has 158 valence electrons. The van der Waals surface area contributed by atoms with Gasteiger partial charge in [0, 0.05) is 28.8 Å². The largest absolute Gasteiger partial charge is 0.485 e. The fraction of sp³-hybridized carbons (Fsp3) is 0.231. The molecule has 0 atom stereocenters. The van der Waals surface area contributed by atoms with Crippen molar-refractivity contribution in [3.8, 4) is 11.5 Å². The number of amides is 1. The van der Waals surface area contributed by atoms with E-state index in [0.717, 1.165) is 29.0 Å². The minimum atomic E-state index is -0.219. The van der Waals surface area contributed by atoms with Crippen molar-refractivity contribution in [2.24, 2.45) is 0 Å². The molecule has 1 aliphatic rings. The van der Waals surface area contributed by atoms with Gasteiger partial charge in [-0.25, -0.2) is 0 Å². The number of carbonyl (C=O) groups is 2. The van der Waals surface area contributed by atoms with Crippen LogP contribution in [0.3, 0.4) is 0 Å². The van der Waals surface area contributed by atoms with Gasteiger partial charge in [0.1, 0.15) is 12.2 Å². The number of nitrogens with one attached hydrogen (secondary N) is 1. The SMILES string of the molecule is CC(=O)c1ccc(NC(=O)c2ccc(COc3cccc4c3OC(C)(C)C4)cc2)cc1. The van der Waals surface area contributed by atoms with Crippen molar-refractivity contribution in [2.45, 2.75) is 39.4 Å². The standard InChI is InChI=1S/C26H25NO4/c1-17(28)19-11-13-22(14-12-19)27-25(29)20-9-7-18(8-10-20)16-30-23-6-4-5-21-15-26(2,3)31-24(21)23/h4-14H,15-16H2,1-3H3,(H,27,29).